The summed E-state index contributed by atoms with van der Waals surface area (Å²) >= 11 is 0. The highest BCUT2D eigenvalue weighted by Crippen LogP contribution is 2.27. The molecule has 0 heterocycles. The third-order valence-electron chi connectivity index (χ3n) is 3.41. The smallest absolute Gasteiger partial charge is 0.345 e. The quantitative estimate of drug-likeness (QED) is 0.644. The van der Waals surface area contributed by atoms with Crippen molar-refractivity contribution < 1.29 is 23.8 Å². The average Bonchev–Trinajstić information content (AvgIpc) is 2.62. The first-order chi connectivity index (χ1) is 11.5. The summed E-state index contributed by atoms with van der Waals surface area (Å²) in [6.07, 6.45) is 0.210. The largest absolute Gasteiger partial charge is 0.493 e. The van der Waals surface area contributed by atoms with Gasteiger partial charge in [-0.25, -0.2) is 9.59 Å². The van der Waals surface area contributed by atoms with Crippen LogP contribution >= 0.6 is 0 Å². The van der Waals surface area contributed by atoms with E-state index in [1.807, 2.05) is 0 Å². The molecule has 2 rings (SSSR count). The first-order valence-corrected chi connectivity index (χ1v) is 7.32. The first-order valence-electron chi connectivity index (χ1n) is 7.32. The minimum atomic E-state index is -0.962. The topological polar surface area (TPSA) is 87.9 Å². The van der Waals surface area contributed by atoms with E-state index in [1.165, 1.54) is 14.2 Å². The molecule has 24 heavy (non-hydrogen) atoms. The van der Waals surface area contributed by atoms with Crippen LogP contribution in [0.3, 0.4) is 0 Å². The van der Waals surface area contributed by atoms with E-state index in [1.54, 1.807) is 48.5 Å². The zero-order chi connectivity index (χ0) is 17.5. The second kappa shape index (κ2) is 8.12. The molecule has 126 valence electrons. The van der Waals surface area contributed by atoms with E-state index in [0.717, 1.165) is 5.56 Å². The number of carbonyl (C=O) groups is 2. The van der Waals surface area contributed by atoms with Gasteiger partial charge in [-0.1, -0.05) is 24.3 Å². The Morgan fingerprint density at radius 3 is 2.29 bits per heavy atom. The maximum atomic E-state index is 12.0. The lowest BCUT2D eigenvalue weighted by molar-refractivity contribution is -0.139. The molecule has 6 nitrogen and oxygen atoms in total. The van der Waals surface area contributed by atoms with Crippen LogP contribution in [0, 0.1) is 0 Å². The molecule has 0 saturated carbocycles. The van der Waals surface area contributed by atoms with Crippen molar-refractivity contribution in [2.75, 3.05) is 14.2 Å². The lowest BCUT2D eigenvalue weighted by Gasteiger charge is -2.13. The zero-order valence-electron chi connectivity index (χ0n) is 13.5. The number of rotatable bonds is 6. The standard InChI is InChI=1S/C18H19NO5/c1-22-15-9-8-12(11-16(15)23-2)10-14(19)18(21)24-17(20)13-6-4-3-5-7-13/h3-9,11,14H,10,19H2,1-2H3/t14-/m0/s1. The van der Waals surface area contributed by atoms with Gasteiger partial charge < -0.3 is 19.9 Å². The maximum absolute atomic E-state index is 12.0. The summed E-state index contributed by atoms with van der Waals surface area (Å²) < 4.78 is 15.2. The van der Waals surface area contributed by atoms with Crippen LogP contribution in [0.1, 0.15) is 15.9 Å². The van der Waals surface area contributed by atoms with Gasteiger partial charge in [0, 0.05) is 0 Å². The van der Waals surface area contributed by atoms with Crippen molar-refractivity contribution >= 4 is 11.9 Å². The number of hydrogen-bond acceptors (Lipinski definition) is 6. The maximum Gasteiger partial charge on any atom is 0.345 e. The van der Waals surface area contributed by atoms with E-state index in [-0.39, 0.29) is 6.42 Å². The predicted octanol–water partition coefficient (Wildman–Crippen LogP) is 1.96. The molecule has 0 unspecified atom stereocenters. The number of carbonyl (C=O) groups excluding carboxylic acids is 2. The predicted molar refractivity (Wildman–Crippen MR) is 88.1 cm³/mol. The lowest BCUT2D eigenvalue weighted by Crippen LogP contribution is -2.35. The molecular weight excluding hydrogens is 310 g/mol. The molecule has 0 aliphatic rings. The molecule has 6 heteroatoms. The van der Waals surface area contributed by atoms with Gasteiger partial charge in [0.25, 0.3) is 0 Å². The Morgan fingerprint density at radius 1 is 1.00 bits per heavy atom. The van der Waals surface area contributed by atoms with Crippen molar-refractivity contribution in [1.82, 2.24) is 0 Å². The molecule has 0 aromatic heterocycles. The molecule has 1 atom stereocenters. The Balaban J connectivity index is 2.00. The van der Waals surface area contributed by atoms with Gasteiger partial charge in [0.15, 0.2) is 11.5 Å². The molecule has 0 bridgehead atoms. The molecular formula is C18H19NO5. The molecule has 0 saturated heterocycles. The lowest BCUT2D eigenvalue weighted by atomic mass is 10.1. The van der Waals surface area contributed by atoms with Crippen LogP contribution in [0.15, 0.2) is 48.5 Å². The van der Waals surface area contributed by atoms with E-state index in [2.05, 4.69) is 0 Å². The fraction of sp³-hybridized carbons (Fsp3) is 0.222. The van der Waals surface area contributed by atoms with E-state index in [0.29, 0.717) is 17.1 Å². The first kappa shape index (κ1) is 17.5. The third-order valence-corrected chi connectivity index (χ3v) is 3.41. The molecule has 0 fully saturated rings. The van der Waals surface area contributed by atoms with Gasteiger partial charge >= 0.3 is 11.9 Å². The summed E-state index contributed by atoms with van der Waals surface area (Å²) in [6.45, 7) is 0. The van der Waals surface area contributed by atoms with Crippen molar-refractivity contribution in [1.29, 1.82) is 0 Å². The normalized spacial score (nSPS) is 11.5. The van der Waals surface area contributed by atoms with Gasteiger partial charge in [0.2, 0.25) is 0 Å². The summed E-state index contributed by atoms with van der Waals surface area (Å²) in [5, 5.41) is 0. The van der Waals surface area contributed by atoms with Crippen LogP contribution in [-0.2, 0) is 16.0 Å². The highest BCUT2D eigenvalue weighted by Gasteiger charge is 2.20. The SMILES string of the molecule is COc1ccc(C[C@H](N)C(=O)OC(=O)c2ccccc2)cc1OC. The number of benzene rings is 2. The van der Waals surface area contributed by atoms with E-state index in [9.17, 15) is 9.59 Å². The second-order valence-electron chi connectivity index (χ2n) is 5.07. The van der Waals surface area contributed by atoms with Gasteiger partial charge in [-0.05, 0) is 36.2 Å². The third kappa shape index (κ3) is 4.33. The van der Waals surface area contributed by atoms with Crippen molar-refractivity contribution in [3.8, 4) is 11.5 Å². The van der Waals surface area contributed by atoms with Crippen molar-refractivity contribution in [3.05, 3.63) is 59.7 Å². The Kier molecular flexibility index (Phi) is 5.92. The van der Waals surface area contributed by atoms with E-state index < -0.39 is 18.0 Å². The van der Waals surface area contributed by atoms with Crippen LogP contribution in [0.5, 0.6) is 11.5 Å². The molecule has 2 N–H and O–H groups in total. The monoisotopic (exact) mass is 329 g/mol. The van der Waals surface area contributed by atoms with Crippen molar-refractivity contribution in [2.24, 2.45) is 5.73 Å². The minimum Gasteiger partial charge on any atom is -0.493 e. The molecule has 0 amide bonds. The summed E-state index contributed by atoms with van der Waals surface area (Å²) in [5.74, 6) is -0.380. The van der Waals surface area contributed by atoms with E-state index >= 15 is 0 Å². The number of nitrogens with two attached hydrogens (primary N) is 1. The van der Waals surface area contributed by atoms with Crippen LogP contribution in [-0.4, -0.2) is 32.2 Å². The van der Waals surface area contributed by atoms with Gasteiger partial charge in [0.05, 0.1) is 19.8 Å². The van der Waals surface area contributed by atoms with Gasteiger partial charge in [0.1, 0.15) is 6.04 Å². The highest BCUT2D eigenvalue weighted by atomic mass is 16.6. The number of hydrogen-bond donors (Lipinski definition) is 1. The van der Waals surface area contributed by atoms with Crippen LogP contribution < -0.4 is 15.2 Å². The Labute approximate surface area is 140 Å². The Hall–Kier alpha value is -2.86. The number of ether oxygens (including phenoxy) is 3. The fourth-order valence-corrected chi connectivity index (χ4v) is 2.15. The highest BCUT2D eigenvalue weighted by molar-refractivity contribution is 5.98. The average molecular weight is 329 g/mol. The van der Waals surface area contributed by atoms with Crippen LogP contribution in [0.25, 0.3) is 0 Å². The summed E-state index contributed by atoms with van der Waals surface area (Å²) in [7, 11) is 3.06. The van der Waals surface area contributed by atoms with E-state index in [4.69, 9.17) is 19.9 Å². The summed E-state index contributed by atoms with van der Waals surface area (Å²) in [6, 6.07) is 12.5. The Morgan fingerprint density at radius 2 is 1.67 bits per heavy atom. The number of methoxy groups -OCH3 is 2. The summed E-state index contributed by atoms with van der Waals surface area (Å²) in [5.41, 5.74) is 6.90. The van der Waals surface area contributed by atoms with Gasteiger partial charge in [-0.2, -0.15) is 0 Å². The van der Waals surface area contributed by atoms with Gasteiger partial charge in [-0.15, -0.1) is 0 Å². The molecule has 2 aromatic carbocycles. The molecule has 0 aliphatic heterocycles. The minimum absolute atomic E-state index is 0.210. The van der Waals surface area contributed by atoms with Crippen molar-refractivity contribution in [3.63, 3.8) is 0 Å². The zero-order valence-corrected chi connectivity index (χ0v) is 13.5. The van der Waals surface area contributed by atoms with Gasteiger partial charge in [-0.3, -0.25) is 0 Å². The molecule has 2 aromatic rings. The molecule has 0 radical (unpaired) electrons. The molecule has 0 spiro atoms. The number of esters is 2. The second-order valence-corrected chi connectivity index (χ2v) is 5.07. The molecule has 0 aliphatic carbocycles. The summed E-state index contributed by atoms with van der Waals surface area (Å²) in [4.78, 5) is 23.8. The van der Waals surface area contributed by atoms with Crippen molar-refractivity contribution in [2.45, 2.75) is 12.5 Å². The van der Waals surface area contributed by atoms with Crippen LogP contribution in [0.4, 0.5) is 0 Å². The fourth-order valence-electron chi connectivity index (χ4n) is 2.15. The Bertz CT molecular complexity index is 715. The van der Waals surface area contributed by atoms with Crippen LogP contribution in [0.2, 0.25) is 0 Å².